The van der Waals surface area contributed by atoms with Crippen LogP contribution in [-0.2, 0) is 0 Å². The van der Waals surface area contributed by atoms with Gasteiger partial charge in [0.2, 0.25) is 0 Å². The average molecular weight is 424 g/mol. The van der Waals surface area contributed by atoms with Gasteiger partial charge in [-0.25, -0.2) is 0 Å². The molecule has 2 aromatic rings. The number of benzene rings is 2. The van der Waals surface area contributed by atoms with E-state index in [2.05, 4.69) is 37.2 Å². The topological polar surface area (TPSA) is 29.1 Å². The molecule has 19 heavy (non-hydrogen) atoms. The lowest BCUT2D eigenvalue weighted by Crippen LogP contribution is -2.12. The Bertz CT molecular complexity index is 647. The number of anilines is 1. The van der Waals surface area contributed by atoms with Gasteiger partial charge in [0.15, 0.2) is 0 Å². The molecule has 0 radical (unpaired) electrons. The van der Waals surface area contributed by atoms with E-state index >= 15 is 0 Å². The van der Waals surface area contributed by atoms with Crippen LogP contribution >= 0.6 is 55.1 Å². The third kappa shape index (κ3) is 3.72. The summed E-state index contributed by atoms with van der Waals surface area (Å²) < 4.78 is 1.45. The molecule has 2 aromatic carbocycles. The van der Waals surface area contributed by atoms with Crippen molar-refractivity contribution in [1.29, 1.82) is 0 Å². The minimum absolute atomic E-state index is 0.257. The number of amides is 1. The second-order valence-electron chi connectivity index (χ2n) is 3.71. The van der Waals surface area contributed by atoms with Crippen molar-refractivity contribution in [3.05, 3.63) is 61.0 Å². The number of hydrogen-bond donors (Lipinski definition) is 1. The molecule has 0 fully saturated rings. The van der Waals surface area contributed by atoms with Crippen molar-refractivity contribution < 1.29 is 4.79 Å². The highest BCUT2D eigenvalue weighted by Gasteiger charge is 2.11. The van der Waals surface area contributed by atoms with Gasteiger partial charge in [0, 0.05) is 19.7 Å². The zero-order valence-electron chi connectivity index (χ0n) is 9.38. The van der Waals surface area contributed by atoms with Crippen molar-refractivity contribution in [3.63, 3.8) is 0 Å². The lowest BCUT2D eigenvalue weighted by atomic mass is 10.2. The van der Waals surface area contributed by atoms with Crippen molar-refractivity contribution in [3.8, 4) is 0 Å². The van der Waals surface area contributed by atoms with Crippen molar-refractivity contribution in [2.45, 2.75) is 0 Å². The predicted octanol–water partition coefficient (Wildman–Crippen LogP) is 5.77. The molecule has 98 valence electrons. The van der Waals surface area contributed by atoms with E-state index in [1.54, 1.807) is 36.4 Å². The van der Waals surface area contributed by atoms with Gasteiger partial charge in [-0.1, -0.05) is 23.2 Å². The monoisotopic (exact) mass is 421 g/mol. The summed E-state index contributed by atoms with van der Waals surface area (Å²) in [6, 6.07) is 10.2. The normalized spacial score (nSPS) is 10.3. The van der Waals surface area contributed by atoms with Gasteiger partial charge in [-0.05, 0) is 68.3 Å². The van der Waals surface area contributed by atoms with Gasteiger partial charge in [-0.2, -0.15) is 0 Å². The van der Waals surface area contributed by atoms with Gasteiger partial charge in [0.05, 0.1) is 10.6 Å². The van der Waals surface area contributed by atoms with Crippen LogP contribution in [0.3, 0.4) is 0 Å². The summed E-state index contributed by atoms with van der Waals surface area (Å²) >= 11 is 18.5. The van der Waals surface area contributed by atoms with E-state index in [1.807, 2.05) is 0 Å². The van der Waals surface area contributed by atoms with Crippen LogP contribution in [-0.4, -0.2) is 5.91 Å². The predicted molar refractivity (Wildman–Crippen MR) is 86.3 cm³/mol. The maximum Gasteiger partial charge on any atom is 0.256 e. The molecule has 6 heteroatoms. The van der Waals surface area contributed by atoms with Crippen LogP contribution in [0.5, 0.6) is 0 Å². The van der Waals surface area contributed by atoms with Gasteiger partial charge in [-0.15, -0.1) is 0 Å². The molecule has 0 heterocycles. The summed E-state index contributed by atoms with van der Waals surface area (Å²) in [5, 5.41) is 3.79. The molecule has 0 unspecified atom stereocenters. The lowest BCUT2D eigenvalue weighted by molar-refractivity contribution is 0.102. The van der Waals surface area contributed by atoms with Crippen LogP contribution in [0.25, 0.3) is 0 Å². The Morgan fingerprint density at radius 1 is 1.00 bits per heavy atom. The quantitative estimate of drug-likeness (QED) is 0.652. The number of nitrogens with one attached hydrogen (secondary N) is 1. The number of rotatable bonds is 2. The summed E-state index contributed by atoms with van der Waals surface area (Å²) in [7, 11) is 0. The van der Waals surface area contributed by atoms with Gasteiger partial charge < -0.3 is 5.32 Å². The Morgan fingerprint density at radius 3 is 2.37 bits per heavy atom. The molecule has 0 saturated heterocycles. The first-order valence-electron chi connectivity index (χ1n) is 5.19. The fourth-order valence-electron chi connectivity index (χ4n) is 1.44. The fourth-order valence-corrected chi connectivity index (χ4v) is 2.47. The van der Waals surface area contributed by atoms with E-state index in [-0.39, 0.29) is 5.91 Å². The van der Waals surface area contributed by atoms with Crippen LogP contribution in [0.2, 0.25) is 10.0 Å². The van der Waals surface area contributed by atoms with Crippen molar-refractivity contribution in [1.82, 2.24) is 0 Å². The molecule has 2 rings (SSSR count). The first-order chi connectivity index (χ1) is 8.97. The van der Waals surface area contributed by atoms with Gasteiger partial charge in [0.25, 0.3) is 5.91 Å². The van der Waals surface area contributed by atoms with Crippen molar-refractivity contribution >= 4 is 66.7 Å². The number of halogens is 4. The van der Waals surface area contributed by atoms with E-state index in [9.17, 15) is 4.79 Å². The first-order valence-corrected chi connectivity index (χ1v) is 7.53. The van der Waals surface area contributed by atoms with Gasteiger partial charge in [0.1, 0.15) is 0 Å². The van der Waals surface area contributed by atoms with E-state index in [1.165, 1.54) is 0 Å². The molecule has 0 atom stereocenters. The Hall–Kier alpha value is -0.550. The minimum Gasteiger partial charge on any atom is -0.322 e. The molecule has 0 aliphatic heterocycles. The highest BCUT2D eigenvalue weighted by atomic mass is 79.9. The maximum atomic E-state index is 12.1. The molecule has 0 aromatic heterocycles. The van der Waals surface area contributed by atoms with Gasteiger partial charge in [-0.3, -0.25) is 4.79 Å². The molecule has 1 N–H and O–H groups in total. The largest absolute Gasteiger partial charge is 0.322 e. The van der Waals surface area contributed by atoms with Crippen molar-refractivity contribution in [2.24, 2.45) is 0 Å². The molecule has 0 saturated carbocycles. The average Bonchev–Trinajstić information content (AvgIpc) is 2.36. The molecule has 0 spiro atoms. The maximum absolute atomic E-state index is 12.1. The van der Waals surface area contributed by atoms with E-state index in [0.29, 0.717) is 25.8 Å². The highest BCUT2D eigenvalue weighted by molar-refractivity contribution is 9.10. The third-order valence-corrected chi connectivity index (χ3v) is 4.51. The van der Waals surface area contributed by atoms with E-state index < -0.39 is 0 Å². The van der Waals surface area contributed by atoms with E-state index in [0.717, 1.165) is 4.47 Å². The Labute approximate surface area is 137 Å². The van der Waals surface area contributed by atoms with E-state index in [4.69, 9.17) is 23.2 Å². The Morgan fingerprint density at radius 2 is 1.68 bits per heavy atom. The Balaban J connectivity index is 2.25. The smallest absolute Gasteiger partial charge is 0.256 e. The lowest BCUT2D eigenvalue weighted by Gasteiger charge is -2.08. The molecular weight excluding hydrogens is 417 g/mol. The third-order valence-electron chi connectivity index (χ3n) is 2.35. The number of hydrogen-bond acceptors (Lipinski definition) is 1. The summed E-state index contributed by atoms with van der Waals surface area (Å²) in [6.07, 6.45) is 0. The zero-order chi connectivity index (χ0) is 14.0. The minimum atomic E-state index is -0.257. The molecule has 0 aliphatic rings. The number of carbonyl (C=O) groups is 1. The summed E-state index contributed by atoms with van der Waals surface area (Å²) in [6.45, 7) is 0. The Kier molecular flexibility index (Phi) is 4.90. The van der Waals surface area contributed by atoms with Crippen LogP contribution in [0.4, 0.5) is 5.69 Å². The molecule has 1 amide bonds. The second kappa shape index (κ2) is 6.27. The van der Waals surface area contributed by atoms with Crippen molar-refractivity contribution in [2.75, 3.05) is 5.32 Å². The molecule has 0 bridgehead atoms. The first kappa shape index (κ1) is 14.9. The van der Waals surface area contributed by atoms with Gasteiger partial charge >= 0.3 is 0 Å². The van der Waals surface area contributed by atoms with Crippen LogP contribution in [0.15, 0.2) is 45.3 Å². The summed E-state index contributed by atoms with van der Waals surface area (Å²) in [5.41, 5.74) is 1.08. The molecule has 0 aliphatic carbocycles. The SMILES string of the molecule is O=C(Nc1ccc(Br)c(Cl)c1)c1cc(Cl)ccc1Br. The van der Waals surface area contributed by atoms with Crippen LogP contribution < -0.4 is 5.32 Å². The summed E-state index contributed by atoms with van der Waals surface area (Å²) in [5.74, 6) is -0.257. The molecular formula is C13H7Br2Cl2NO. The second-order valence-corrected chi connectivity index (χ2v) is 6.26. The standard InChI is InChI=1S/C13H7Br2Cl2NO/c14-10-3-1-7(16)5-9(10)13(19)18-8-2-4-11(15)12(17)6-8/h1-6H,(H,18,19). The summed E-state index contributed by atoms with van der Waals surface area (Å²) in [4.78, 5) is 12.1. The molecule has 2 nitrogen and oxygen atoms in total. The fraction of sp³-hybridized carbons (Fsp3) is 0. The highest BCUT2D eigenvalue weighted by Crippen LogP contribution is 2.27. The number of carbonyl (C=O) groups excluding carboxylic acids is 1. The van der Waals surface area contributed by atoms with Crippen LogP contribution in [0.1, 0.15) is 10.4 Å². The zero-order valence-corrected chi connectivity index (χ0v) is 14.1. The van der Waals surface area contributed by atoms with Crippen LogP contribution in [0, 0.1) is 0 Å².